The molecule has 1 N–H and O–H groups in total. The van der Waals surface area contributed by atoms with Gasteiger partial charge in [0.15, 0.2) is 5.16 Å². The number of aryl methyl sites for hydroxylation is 2. The number of halogens is 1. The number of hydrogen-bond acceptors (Lipinski definition) is 4. The van der Waals surface area contributed by atoms with Gasteiger partial charge >= 0.3 is 0 Å². The Morgan fingerprint density at radius 2 is 1.71 bits per heavy atom. The van der Waals surface area contributed by atoms with Crippen molar-refractivity contribution >= 4 is 40.2 Å². The highest BCUT2D eigenvalue weighted by Crippen LogP contribution is 2.26. The molecule has 0 bridgehead atoms. The van der Waals surface area contributed by atoms with Crippen LogP contribution in [0.4, 0.5) is 0 Å². The summed E-state index contributed by atoms with van der Waals surface area (Å²) in [6.45, 7) is 8.70. The van der Waals surface area contributed by atoms with Crippen LogP contribution in [0.25, 0.3) is 16.6 Å². The Balaban J connectivity index is 1.81. The van der Waals surface area contributed by atoms with Gasteiger partial charge in [-0.1, -0.05) is 55.4 Å². The molecule has 0 atom stereocenters. The van der Waals surface area contributed by atoms with E-state index in [1.807, 2.05) is 64.1 Å². The number of rotatable bonds is 7. The van der Waals surface area contributed by atoms with Crippen LogP contribution < -0.4 is 10.9 Å². The van der Waals surface area contributed by atoms with Gasteiger partial charge in [0.25, 0.3) is 11.5 Å². The molecule has 7 heteroatoms. The molecular formula is C28H28ClN3O2S. The molecule has 0 aliphatic carbocycles. The lowest BCUT2D eigenvalue weighted by molar-refractivity contribution is 0.0949. The van der Waals surface area contributed by atoms with E-state index in [2.05, 4.69) is 11.4 Å². The van der Waals surface area contributed by atoms with Gasteiger partial charge in [0.1, 0.15) is 0 Å². The second kappa shape index (κ2) is 10.7. The maximum absolute atomic E-state index is 13.7. The third-order valence-corrected chi connectivity index (χ3v) is 6.78. The summed E-state index contributed by atoms with van der Waals surface area (Å²) in [5, 5.41) is 4.65. The quantitative estimate of drug-likeness (QED) is 0.235. The average molecular weight is 506 g/mol. The smallest absolute Gasteiger partial charge is 0.266 e. The molecule has 3 aromatic carbocycles. The number of nitrogens with zero attached hydrogens (tertiary/aromatic N) is 2. The van der Waals surface area contributed by atoms with Crippen molar-refractivity contribution in [3.05, 3.63) is 98.3 Å². The highest BCUT2D eigenvalue weighted by molar-refractivity contribution is 7.98. The summed E-state index contributed by atoms with van der Waals surface area (Å²) in [5.41, 5.74) is 4.82. The van der Waals surface area contributed by atoms with Crippen molar-refractivity contribution in [3.8, 4) is 5.69 Å². The van der Waals surface area contributed by atoms with Gasteiger partial charge in [-0.2, -0.15) is 0 Å². The molecule has 0 radical (unpaired) electrons. The first-order chi connectivity index (χ1) is 16.7. The molecule has 5 nitrogen and oxygen atoms in total. The Labute approximate surface area is 214 Å². The fourth-order valence-electron chi connectivity index (χ4n) is 3.84. The van der Waals surface area contributed by atoms with E-state index in [4.69, 9.17) is 16.6 Å². The summed E-state index contributed by atoms with van der Waals surface area (Å²) in [6.07, 6.45) is 0. The van der Waals surface area contributed by atoms with Crippen LogP contribution in [-0.2, 0) is 5.75 Å². The zero-order chi connectivity index (χ0) is 25.1. The highest BCUT2D eigenvalue weighted by atomic mass is 35.5. The van der Waals surface area contributed by atoms with E-state index in [-0.39, 0.29) is 11.5 Å². The fourth-order valence-corrected chi connectivity index (χ4v) is 4.93. The third-order valence-electron chi connectivity index (χ3n) is 5.52. The topological polar surface area (TPSA) is 64.0 Å². The van der Waals surface area contributed by atoms with Crippen molar-refractivity contribution in [2.45, 2.75) is 38.6 Å². The van der Waals surface area contributed by atoms with Gasteiger partial charge in [-0.05, 0) is 78.9 Å². The third kappa shape index (κ3) is 5.95. The molecule has 4 aromatic rings. The summed E-state index contributed by atoms with van der Waals surface area (Å²) in [7, 11) is 0. The molecular weight excluding hydrogens is 478 g/mol. The predicted molar refractivity (Wildman–Crippen MR) is 145 cm³/mol. The van der Waals surface area contributed by atoms with Crippen LogP contribution >= 0.6 is 23.4 Å². The lowest BCUT2D eigenvalue weighted by atomic mass is 10.1. The minimum absolute atomic E-state index is 0.159. The number of thioether (sulfide) groups is 1. The molecule has 35 heavy (non-hydrogen) atoms. The van der Waals surface area contributed by atoms with Gasteiger partial charge in [-0.15, -0.1) is 0 Å². The van der Waals surface area contributed by atoms with Crippen LogP contribution in [0.2, 0.25) is 5.02 Å². The number of nitrogens with one attached hydrogen (secondary N) is 1. The van der Waals surface area contributed by atoms with Crippen LogP contribution in [0.3, 0.4) is 0 Å². The van der Waals surface area contributed by atoms with E-state index >= 15 is 0 Å². The summed E-state index contributed by atoms with van der Waals surface area (Å²) in [6, 6.07) is 18.8. The van der Waals surface area contributed by atoms with Crippen molar-refractivity contribution in [1.82, 2.24) is 14.9 Å². The maximum Gasteiger partial charge on any atom is 0.266 e. The second-order valence-electron chi connectivity index (χ2n) is 9.13. The van der Waals surface area contributed by atoms with Gasteiger partial charge < -0.3 is 5.32 Å². The van der Waals surface area contributed by atoms with Gasteiger partial charge in [0.2, 0.25) is 0 Å². The van der Waals surface area contributed by atoms with E-state index in [0.717, 1.165) is 22.4 Å². The molecule has 0 aliphatic heterocycles. The van der Waals surface area contributed by atoms with Gasteiger partial charge in [0, 0.05) is 22.9 Å². The van der Waals surface area contributed by atoms with Crippen molar-refractivity contribution < 1.29 is 4.79 Å². The summed E-state index contributed by atoms with van der Waals surface area (Å²) < 4.78 is 1.67. The zero-order valence-corrected chi connectivity index (χ0v) is 21.8. The molecule has 0 aliphatic rings. The number of aromatic nitrogens is 2. The Morgan fingerprint density at radius 3 is 2.37 bits per heavy atom. The molecule has 1 amide bonds. The highest BCUT2D eigenvalue weighted by Gasteiger charge is 2.16. The lowest BCUT2D eigenvalue weighted by Crippen LogP contribution is -2.27. The molecule has 1 aromatic heterocycles. The van der Waals surface area contributed by atoms with Gasteiger partial charge in [0.05, 0.1) is 16.6 Å². The van der Waals surface area contributed by atoms with Crippen molar-refractivity contribution in [1.29, 1.82) is 0 Å². The lowest BCUT2D eigenvalue weighted by Gasteiger charge is -2.15. The van der Waals surface area contributed by atoms with E-state index in [9.17, 15) is 9.59 Å². The Morgan fingerprint density at radius 1 is 1.03 bits per heavy atom. The fraction of sp³-hybridized carbons (Fsp3) is 0.250. The number of benzene rings is 3. The molecule has 4 rings (SSSR count). The predicted octanol–water partition coefficient (Wildman–Crippen LogP) is 6.33. The number of hydrogen-bond donors (Lipinski definition) is 1. The minimum atomic E-state index is -0.170. The van der Waals surface area contributed by atoms with Crippen molar-refractivity contribution in [2.75, 3.05) is 6.54 Å². The van der Waals surface area contributed by atoms with E-state index < -0.39 is 0 Å². The molecule has 180 valence electrons. The number of amides is 1. The molecule has 0 spiro atoms. The van der Waals surface area contributed by atoms with E-state index in [1.54, 1.807) is 22.8 Å². The van der Waals surface area contributed by atoms with Crippen LogP contribution in [0.15, 0.2) is 70.6 Å². The molecule has 1 heterocycles. The molecule has 0 unspecified atom stereocenters. The number of carbonyl (C=O) groups is 1. The summed E-state index contributed by atoms with van der Waals surface area (Å²) in [4.78, 5) is 31.2. The number of carbonyl (C=O) groups excluding carboxylic acids is 1. The first-order valence-corrected chi connectivity index (χ1v) is 12.9. The summed E-state index contributed by atoms with van der Waals surface area (Å²) in [5.74, 6) is 0.795. The Kier molecular flexibility index (Phi) is 7.63. The maximum atomic E-state index is 13.7. The van der Waals surface area contributed by atoms with Gasteiger partial charge in [-0.3, -0.25) is 14.2 Å². The first kappa shape index (κ1) is 25.0. The monoisotopic (exact) mass is 505 g/mol. The first-order valence-electron chi connectivity index (χ1n) is 11.5. The molecule has 0 saturated carbocycles. The largest absolute Gasteiger partial charge is 0.352 e. The minimum Gasteiger partial charge on any atom is -0.352 e. The van der Waals surface area contributed by atoms with Crippen LogP contribution in [-0.4, -0.2) is 22.0 Å². The van der Waals surface area contributed by atoms with Crippen molar-refractivity contribution in [3.63, 3.8) is 0 Å². The van der Waals surface area contributed by atoms with Crippen LogP contribution in [0.1, 0.15) is 40.9 Å². The van der Waals surface area contributed by atoms with Crippen molar-refractivity contribution in [2.24, 2.45) is 5.92 Å². The second-order valence-corrected chi connectivity index (χ2v) is 10.5. The van der Waals surface area contributed by atoms with E-state index in [1.165, 1.54) is 11.8 Å². The van der Waals surface area contributed by atoms with Crippen LogP contribution in [0, 0.1) is 19.8 Å². The average Bonchev–Trinajstić information content (AvgIpc) is 2.81. The normalized spacial score (nSPS) is 11.3. The van der Waals surface area contributed by atoms with E-state index in [0.29, 0.717) is 44.9 Å². The SMILES string of the molecule is Cc1cc(C)cc(-n2c(SCc3ccc(Cl)cc3)nc3cc(C(=O)NCC(C)C)ccc3c2=O)c1. The summed E-state index contributed by atoms with van der Waals surface area (Å²) >= 11 is 7.51. The zero-order valence-electron chi connectivity index (χ0n) is 20.3. The molecule has 0 fully saturated rings. The Hall–Kier alpha value is -3.09. The Bertz CT molecular complexity index is 1430. The number of fused-ring (bicyclic) bond motifs is 1. The van der Waals surface area contributed by atoms with Gasteiger partial charge in [-0.25, -0.2) is 4.98 Å². The standard InChI is InChI=1S/C28H28ClN3O2S/c1-17(2)15-30-26(33)21-7-10-24-25(14-21)31-28(35-16-20-5-8-22(29)9-6-20)32(27(24)34)23-12-18(3)11-19(4)13-23/h5-14,17H,15-16H2,1-4H3,(H,30,33). The molecule has 0 saturated heterocycles. The van der Waals surface area contributed by atoms with Crippen LogP contribution in [0.5, 0.6) is 0 Å².